The minimum Gasteiger partial charge on any atom is -0.508 e. The first-order valence-corrected chi connectivity index (χ1v) is 9.75. The van der Waals surface area contributed by atoms with Crippen LogP contribution in [-0.4, -0.2) is 75.8 Å². The van der Waals surface area contributed by atoms with Gasteiger partial charge in [0, 0.05) is 44.5 Å². The maximum atomic E-state index is 12.8. The fraction of sp³-hybridized carbons (Fsp3) is 0.450. The first-order valence-electron chi connectivity index (χ1n) is 9.75. The Morgan fingerprint density at radius 3 is 2.45 bits per heavy atom. The van der Waals surface area contributed by atoms with Gasteiger partial charge in [0.2, 0.25) is 0 Å². The second kappa shape index (κ2) is 9.28. The van der Waals surface area contributed by atoms with E-state index < -0.39 is 0 Å². The van der Waals surface area contributed by atoms with Gasteiger partial charge in [0.25, 0.3) is 11.8 Å². The number of carbonyl (C=O) groups excluding carboxylic acids is 2. The van der Waals surface area contributed by atoms with Gasteiger partial charge in [-0.2, -0.15) is 5.10 Å². The normalized spacial score (nSPS) is 19.5. The van der Waals surface area contributed by atoms with Crippen LogP contribution in [0.1, 0.15) is 39.7 Å². The first kappa shape index (κ1) is 21.1. The number of hydrogen-bond donors (Lipinski definition) is 2. The molecule has 3 heterocycles. The number of halogens is 1. The Balaban J connectivity index is 0.00000240. The zero-order valence-corrected chi connectivity index (χ0v) is 17.0. The zero-order valence-electron chi connectivity index (χ0n) is 16.2. The number of aromatic nitrogens is 2. The summed E-state index contributed by atoms with van der Waals surface area (Å²) in [4.78, 5) is 28.8. The van der Waals surface area contributed by atoms with Crippen LogP contribution in [0.25, 0.3) is 0 Å². The van der Waals surface area contributed by atoms with Crippen molar-refractivity contribution in [2.45, 2.75) is 18.9 Å². The topological polar surface area (TPSA) is 90.7 Å². The van der Waals surface area contributed by atoms with Gasteiger partial charge < -0.3 is 20.2 Å². The van der Waals surface area contributed by atoms with E-state index in [9.17, 15) is 14.7 Å². The summed E-state index contributed by atoms with van der Waals surface area (Å²) in [6.07, 6.45) is 4.06. The SMILES string of the molecule is Cl.O=C(c1cccc(O)c1)N1CCN(C(=O)c2ccn(C3CCCNC3)n2)CC1. The van der Waals surface area contributed by atoms with Gasteiger partial charge in [0.15, 0.2) is 0 Å². The number of carbonyl (C=O) groups is 2. The number of piperidine rings is 1. The Kier molecular flexibility index (Phi) is 6.76. The maximum Gasteiger partial charge on any atom is 0.274 e. The van der Waals surface area contributed by atoms with Crippen LogP contribution in [0.5, 0.6) is 5.75 Å². The average molecular weight is 420 g/mol. The van der Waals surface area contributed by atoms with Gasteiger partial charge >= 0.3 is 0 Å². The molecule has 0 bridgehead atoms. The molecule has 1 aromatic carbocycles. The zero-order chi connectivity index (χ0) is 19.5. The van der Waals surface area contributed by atoms with Crippen LogP contribution in [0.15, 0.2) is 36.5 Å². The number of phenols is 1. The van der Waals surface area contributed by atoms with Gasteiger partial charge in [-0.15, -0.1) is 12.4 Å². The number of nitrogens with one attached hydrogen (secondary N) is 1. The van der Waals surface area contributed by atoms with E-state index in [4.69, 9.17) is 0 Å². The number of benzene rings is 1. The lowest BCUT2D eigenvalue weighted by atomic mass is 10.1. The largest absolute Gasteiger partial charge is 0.508 e. The van der Waals surface area contributed by atoms with E-state index in [2.05, 4.69) is 10.4 Å². The lowest BCUT2D eigenvalue weighted by Gasteiger charge is -2.34. The molecule has 1 atom stereocenters. The summed E-state index contributed by atoms with van der Waals surface area (Å²) in [6, 6.07) is 8.42. The second-order valence-corrected chi connectivity index (χ2v) is 7.32. The summed E-state index contributed by atoms with van der Waals surface area (Å²) in [5.74, 6) is -0.146. The molecule has 2 saturated heterocycles. The summed E-state index contributed by atoms with van der Waals surface area (Å²) in [7, 11) is 0. The quantitative estimate of drug-likeness (QED) is 0.787. The van der Waals surface area contributed by atoms with Crippen molar-refractivity contribution in [3.8, 4) is 5.75 Å². The van der Waals surface area contributed by atoms with E-state index >= 15 is 0 Å². The molecular weight excluding hydrogens is 394 g/mol. The fourth-order valence-corrected chi connectivity index (χ4v) is 3.81. The molecule has 2 fully saturated rings. The van der Waals surface area contributed by atoms with Gasteiger partial charge in [-0.05, 0) is 43.7 Å². The molecule has 2 N–H and O–H groups in total. The minimum absolute atomic E-state index is 0. The van der Waals surface area contributed by atoms with Crippen LogP contribution in [0, 0.1) is 0 Å². The van der Waals surface area contributed by atoms with Crippen molar-refractivity contribution >= 4 is 24.2 Å². The van der Waals surface area contributed by atoms with Gasteiger partial charge in [0.05, 0.1) is 6.04 Å². The number of rotatable bonds is 3. The van der Waals surface area contributed by atoms with Crippen LogP contribution in [-0.2, 0) is 0 Å². The van der Waals surface area contributed by atoms with Crippen LogP contribution >= 0.6 is 12.4 Å². The predicted molar refractivity (Wildman–Crippen MR) is 111 cm³/mol. The summed E-state index contributed by atoms with van der Waals surface area (Å²) in [5, 5.41) is 17.4. The lowest BCUT2D eigenvalue weighted by Crippen LogP contribution is -2.50. The van der Waals surface area contributed by atoms with Gasteiger partial charge in [0.1, 0.15) is 11.4 Å². The third kappa shape index (κ3) is 4.71. The van der Waals surface area contributed by atoms with Crippen molar-refractivity contribution < 1.29 is 14.7 Å². The Bertz CT molecular complexity index is 857. The van der Waals surface area contributed by atoms with Crippen molar-refractivity contribution in [2.75, 3.05) is 39.3 Å². The Morgan fingerprint density at radius 2 is 1.79 bits per heavy atom. The summed E-state index contributed by atoms with van der Waals surface area (Å²) in [5.41, 5.74) is 0.915. The highest BCUT2D eigenvalue weighted by Crippen LogP contribution is 2.18. The van der Waals surface area contributed by atoms with Crippen molar-refractivity contribution in [2.24, 2.45) is 0 Å². The monoisotopic (exact) mass is 419 g/mol. The fourth-order valence-electron chi connectivity index (χ4n) is 3.81. The van der Waals surface area contributed by atoms with Crippen molar-refractivity contribution in [3.63, 3.8) is 0 Å². The Hall–Kier alpha value is -2.58. The summed E-state index contributed by atoms with van der Waals surface area (Å²) < 4.78 is 1.89. The molecule has 29 heavy (non-hydrogen) atoms. The van der Waals surface area contributed by atoms with Crippen molar-refractivity contribution in [3.05, 3.63) is 47.8 Å². The number of piperazine rings is 1. The standard InChI is InChI=1S/C20H25N5O3.ClH/c26-17-5-1-3-15(13-17)19(27)23-9-11-24(12-10-23)20(28)18-6-8-25(22-18)16-4-2-7-21-14-16;/h1,3,5-6,8,13,16,21,26H,2,4,7,9-12,14H2;1H. The molecule has 2 aliphatic heterocycles. The van der Waals surface area contributed by atoms with E-state index in [1.54, 1.807) is 28.0 Å². The number of amides is 2. The Labute approximate surface area is 175 Å². The average Bonchev–Trinajstić information content (AvgIpc) is 3.24. The number of phenolic OH excluding ortho intramolecular Hbond substituents is 1. The first-order chi connectivity index (χ1) is 13.6. The molecule has 0 aliphatic carbocycles. The number of aromatic hydroxyl groups is 1. The highest BCUT2D eigenvalue weighted by atomic mass is 35.5. The predicted octanol–water partition coefficient (Wildman–Crippen LogP) is 1.53. The highest BCUT2D eigenvalue weighted by molar-refractivity contribution is 5.95. The molecule has 0 radical (unpaired) electrons. The molecule has 1 unspecified atom stereocenters. The van der Waals surface area contributed by atoms with E-state index in [1.165, 1.54) is 12.1 Å². The summed E-state index contributed by atoms with van der Waals surface area (Å²) >= 11 is 0. The van der Waals surface area contributed by atoms with E-state index in [-0.39, 0.29) is 30.0 Å². The van der Waals surface area contributed by atoms with E-state index in [0.717, 1.165) is 25.9 Å². The molecule has 2 amide bonds. The molecular formula is C20H26ClN5O3. The molecule has 8 nitrogen and oxygen atoms in total. The molecule has 2 aromatic rings. The molecule has 1 aromatic heterocycles. The smallest absolute Gasteiger partial charge is 0.274 e. The highest BCUT2D eigenvalue weighted by Gasteiger charge is 2.27. The summed E-state index contributed by atoms with van der Waals surface area (Å²) in [6.45, 7) is 3.80. The van der Waals surface area contributed by atoms with E-state index in [0.29, 0.717) is 43.5 Å². The van der Waals surface area contributed by atoms with Crippen molar-refractivity contribution in [1.82, 2.24) is 24.9 Å². The van der Waals surface area contributed by atoms with Crippen LogP contribution in [0.2, 0.25) is 0 Å². The number of hydrogen-bond acceptors (Lipinski definition) is 5. The third-order valence-corrected chi connectivity index (χ3v) is 5.42. The number of nitrogens with zero attached hydrogens (tertiary/aromatic N) is 4. The Morgan fingerprint density at radius 1 is 1.07 bits per heavy atom. The van der Waals surface area contributed by atoms with Gasteiger partial charge in [-0.3, -0.25) is 14.3 Å². The molecule has 156 valence electrons. The van der Waals surface area contributed by atoms with E-state index in [1.807, 2.05) is 10.9 Å². The second-order valence-electron chi connectivity index (χ2n) is 7.32. The molecule has 4 rings (SSSR count). The minimum atomic E-state index is -0.128. The van der Waals surface area contributed by atoms with Crippen molar-refractivity contribution in [1.29, 1.82) is 0 Å². The maximum absolute atomic E-state index is 12.8. The van der Waals surface area contributed by atoms with Crippen LogP contribution in [0.4, 0.5) is 0 Å². The van der Waals surface area contributed by atoms with Gasteiger partial charge in [-0.1, -0.05) is 6.07 Å². The van der Waals surface area contributed by atoms with Crippen LogP contribution < -0.4 is 5.32 Å². The molecule has 0 spiro atoms. The van der Waals surface area contributed by atoms with Crippen LogP contribution in [0.3, 0.4) is 0 Å². The molecule has 9 heteroatoms. The molecule has 2 aliphatic rings. The van der Waals surface area contributed by atoms with Gasteiger partial charge in [-0.25, -0.2) is 0 Å². The third-order valence-electron chi connectivity index (χ3n) is 5.42. The molecule has 0 saturated carbocycles. The lowest BCUT2D eigenvalue weighted by molar-refractivity contribution is 0.0531.